The zero-order valence-electron chi connectivity index (χ0n) is 14.1. The van der Waals surface area contributed by atoms with E-state index in [-0.39, 0.29) is 11.6 Å². The van der Waals surface area contributed by atoms with Gasteiger partial charge in [-0.3, -0.25) is 0 Å². The van der Waals surface area contributed by atoms with E-state index in [2.05, 4.69) is 20.1 Å². The second-order valence-electron chi connectivity index (χ2n) is 5.80. The van der Waals surface area contributed by atoms with Gasteiger partial charge in [0.05, 0.1) is 11.9 Å². The van der Waals surface area contributed by atoms with Crippen LogP contribution >= 0.6 is 11.3 Å². The van der Waals surface area contributed by atoms with Crippen molar-refractivity contribution in [2.75, 3.05) is 5.32 Å². The van der Waals surface area contributed by atoms with Gasteiger partial charge in [0.1, 0.15) is 11.6 Å². The van der Waals surface area contributed by atoms with Crippen molar-refractivity contribution in [1.29, 1.82) is 0 Å². The van der Waals surface area contributed by atoms with E-state index < -0.39 is 6.36 Å². The normalized spacial score (nSPS) is 11.7. The second-order valence-corrected chi connectivity index (χ2v) is 6.76. The van der Waals surface area contributed by atoms with Crippen molar-refractivity contribution in [3.05, 3.63) is 66.1 Å². The molecule has 0 aliphatic carbocycles. The van der Waals surface area contributed by atoms with Crippen LogP contribution < -0.4 is 10.1 Å². The Bertz CT molecular complexity index is 1100. The lowest BCUT2D eigenvalue weighted by molar-refractivity contribution is -0.274. The van der Waals surface area contributed by atoms with Crippen LogP contribution in [0.1, 0.15) is 5.56 Å². The molecule has 5 nitrogen and oxygen atoms in total. The van der Waals surface area contributed by atoms with Crippen LogP contribution in [-0.4, -0.2) is 21.0 Å². The first kappa shape index (κ1) is 18.2. The highest BCUT2D eigenvalue weighted by molar-refractivity contribution is 7.20. The third-order valence-corrected chi connectivity index (χ3v) is 4.69. The minimum absolute atomic E-state index is 0.308. The van der Waals surface area contributed by atoms with E-state index in [9.17, 15) is 17.6 Å². The summed E-state index contributed by atoms with van der Waals surface area (Å²) in [5, 5.41) is 8.12. The number of aromatic nitrogens is 3. The molecule has 2 aromatic carbocycles. The molecule has 28 heavy (non-hydrogen) atoms. The number of nitrogens with zero attached hydrogens (tertiary/aromatic N) is 3. The van der Waals surface area contributed by atoms with E-state index in [1.54, 1.807) is 22.7 Å². The lowest BCUT2D eigenvalue weighted by atomic mass is 10.1. The monoisotopic (exact) mass is 408 g/mol. The number of hydrogen-bond acceptors (Lipinski definition) is 5. The molecule has 0 radical (unpaired) electrons. The minimum atomic E-state index is -4.76. The summed E-state index contributed by atoms with van der Waals surface area (Å²) >= 11 is 1.29. The topological polar surface area (TPSA) is 51.5 Å². The Morgan fingerprint density at radius 3 is 2.64 bits per heavy atom. The number of benzene rings is 2. The molecule has 0 saturated heterocycles. The molecule has 0 fully saturated rings. The van der Waals surface area contributed by atoms with Gasteiger partial charge in [-0.15, -0.1) is 18.3 Å². The standard InChI is InChI=1S/C18H12F4N4OS/c19-13-6-4-11(5-7-13)9-23-16-25-26-15(10-24-17(26)28-16)12-2-1-3-14(8-12)27-18(20,21)22/h1-8,10H,9H2,(H,23,25). The van der Waals surface area contributed by atoms with Crippen molar-refractivity contribution in [2.24, 2.45) is 0 Å². The highest BCUT2D eigenvalue weighted by Crippen LogP contribution is 2.30. The largest absolute Gasteiger partial charge is 0.573 e. The van der Waals surface area contributed by atoms with E-state index in [0.717, 1.165) is 5.56 Å². The molecular weight excluding hydrogens is 396 g/mol. The molecule has 0 aliphatic rings. The molecule has 0 unspecified atom stereocenters. The van der Waals surface area contributed by atoms with E-state index >= 15 is 0 Å². The fourth-order valence-corrected chi connectivity index (χ4v) is 3.36. The second kappa shape index (κ2) is 7.12. The van der Waals surface area contributed by atoms with E-state index in [1.165, 1.54) is 47.9 Å². The Kier molecular flexibility index (Phi) is 4.63. The van der Waals surface area contributed by atoms with Crippen LogP contribution in [0.4, 0.5) is 22.7 Å². The lowest BCUT2D eigenvalue weighted by Gasteiger charge is -2.09. The van der Waals surface area contributed by atoms with Crippen LogP contribution in [0.5, 0.6) is 5.75 Å². The molecule has 0 amide bonds. The number of imidazole rings is 1. The maximum Gasteiger partial charge on any atom is 0.573 e. The molecule has 4 rings (SSSR count). The van der Waals surface area contributed by atoms with Crippen LogP contribution in [0.25, 0.3) is 16.2 Å². The van der Waals surface area contributed by atoms with Crippen LogP contribution in [0, 0.1) is 5.82 Å². The third-order valence-electron chi connectivity index (χ3n) is 3.81. The Morgan fingerprint density at radius 2 is 1.89 bits per heavy atom. The quantitative estimate of drug-likeness (QED) is 0.467. The van der Waals surface area contributed by atoms with Crippen LogP contribution in [0.2, 0.25) is 0 Å². The van der Waals surface area contributed by atoms with Gasteiger partial charge in [-0.2, -0.15) is 0 Å². The molecular formula is C18H12F4N4OS. The first-order chi connectivity index (χ1) is 13.4. The number of fused-ring (bicyclic) bond motifs is 1. The fourth-order valence-electron chi connectivity index (χ4n) is 2.59. The Morgan fingerprint density at radius 1 is 1.11 bits per heavy atom. The van der Waals surface area contributed by atoms with Gasteiger partial charge in [-0.25, -0.2) is 13.9 Å². The summed E-state index contributed by atoms with van der Waals surface area (Å²) in [7, 11) is 0. The third kappa shape index (κ3) is 4.06. The van der Waals surface area contributed by atoms with Crippen molar-refractivity contribution in [1.82, 2.24) is 14.6 Å². The van der Waals surface area contributed by atoms with E-state index in [1.807, 2.05) is 0 Å². The summed E-state index contributed by atoms with van der Waals surface area (Å²) < 4.78 is 55.8. The van der Waals surface area contributed by atoms with Gasteiger partial charge in [-0.1, -0.05) is 35.6 Å². The number of ether oxygens (including phenoxy) is 1. The lowest BCUT2D eigenvalue weighted by Crippen LogP contribution is -2.17. The summed E-state index contributed by atoms with van der Waals surface area (Å²) in [5.41, 5.74) is 1.91. The molecule has 0 aliphatic heterocycles. The van der Waals surface area contributed by atoms with Gasteiger partial charge < -0.3 is 10.1 Å². The summed E-state index contributed by atoms with van der Waals surface area (Å²) in [6.45, 7) is 0.446. The molecule has 144 valence electrons. The molecule has 2 heterocycles. The highest BCUT2D eigenvalue weighted by atomic mass is 32.1. The highest BCUT2D eigenvalue weighted by Gasteiger charge is 2.31. The number of rotatable bonds is 5. The fraction of sp³-hybridized carbons (Fsp3) is 0.111. The van der Waals surface area contributed by atoms with Crippen molar-refractivity contribution in [3.8, 4) is 17.0 Å². The predicted octanol–water partition coefficient (Wildman–Crippen LogP) is 5.11. The average molecular weight is 408 g/mol. The van der Waals surface area contributed by atoms with Crippen LogP contribution in [0.3, 0.4) is 0 Å². The molecule has 2 aromatic heterocycles. The summed E-state index contributed by atoms with van der Waals surface area (Å²) in [6.07, 6.45) is -3.22. The molecule has 0 spiro atoms. The zero-order valence-corrected chi connectivity index (χ0v) is 14.9. The summed E-state index contributed by atoms with van der Waals surface area (Å²) in [4.78, 5) is 4.84. The molecule has 0 atom stereocenters. The van der Waals surface area contributed by atoms with Gasteiger partial charge in [-0.05, 0) is 29.8 Å². The molecule has 0 saturated carbocycles. The first-order valence-electron chi connectivity index (χ1n) is 8.06. The van der Waals surface area contributed by atoms with Gasteiger partial charge in [0.2, 0.25) is 10.1 Å². The number of alkyl halides is 3. The maximum absolute atomic E-state index is 13.0. The number of halogens is 4. The maximum atomic E-state index is 13.0. The van der Waals surface area contributed by atoms with E-state index in [4.69, 9.17) is 0 Å². The van der Waals surface area contributed by atoms with Crippen LogP contribution in [0.15, 0.2) is 54.7 Å². The molecule has 10 heteroatoms. The Balaban J connectivity index is 1.56. The van der Waals surface area contributed by atoms with Crippen LogP contribution in [-0.2, 0) is 6.54 Å². The Hall–Kier alpha value is -3.14. The van der Waals surface area contributed by atoms with Crippen molar-refractivity contribution < 1.29 is 22.3 Å². The summed E-state index contributed by atoms with van der Waals surface area (Å²) in [6, 6.07) is 11.7. The van der Waals surface area contributed by atoms with E-state index in [0.29, 0.717) is 27.9 Å². The minimum Gasteiger partial charge on any atom is -0.406 e. The molecule has 0 bridgehead atoms. The Labute approximate surface area is 160 Å². The first-order valence-corrected chi connectivity index (χ1v) is 8.88. The average Bonchev–Trinajstić information content (AvgIpc) is 3.20. The number of nitrogens with one attached hydrogen (secondary N) is 1. The number of hydrogen-bond donors (Lipinski definition) is 1. The SMILES string of the molecule is Fc1ccc(CNc2nn3c(-c4cccc(OC(F)(F)F)c4)cnc3s2)cc1. The molecule has 1 N–H and O–H groups in total. The number of anilines is 1. The summed E-state index contributed by atoms with van der Waals surface area (Å²) in [5.74, 6) is -0.623. The van der Waals surface area contributed by atoms with Crippen molar-refractivity contribution in [3.63, 3.8) is 0 Å². The zero-order chi connectivity index (χ0) is 19.7. The van der Waals surface area contributed by atoms with Gasteiger partial charge in [0, 0.05) is 12.1 Å². The van der Waals surface area contributed by atoms with Crippen molar-refractivity contribution in [2.45, 2.75) is 12.9 Å². The van der Waals surface area contributed by atoms with Gasteiger partial charge >= 0.3 is 6.36 Å². The van der Waals surface area contributed by atoms with Crippen molar-refractivity contribution >= 4 is 21.4 Å². The van der Waals surface area contributed by atoms with Gasteiger partial charge in [0.25, 0.3) is 0 Å². The predicted molar refractivity (Wildman–Crippen MR) is 96.7 cm³/mol. The van der Waals surface area contributed by atoms with Gasteiger partial charge in [0.15, 0.2) is 0 Å². The molecule has 4 aromatic rings. The smallest absolute Gasteiger partial charge is 0.406 e.